The summed E-state index contributed by atoms with van der Waals surface area (Å²) in [7, 11) is 0. The number of halogens is 1. The van der Waals surface area contributed by atoms with Crippen molar-refractivity contribution in [2.45, 2.75) is 13.8 Å². The van der Waals surface area contributed by atoms with Crippen molar-refractivity contribution in [2.24, 2.45) is 0 Å². The van der Waals surface area contributed by atoms with E-state index in [0.717, 1.165) is 15.8 Å². The second-order valence-corrected chi connectivity index (χ2v) is 4.76. The summed E-state index contributed by atoms with van der Waals surface area (Å²) < 4.78 is 1.14. The molecule has 1 nitrogen and oxygen atoms in total. The molecule has 0 aromatic heterocycles. The zero-order valence-corrected chi connectivity index (χ0v) is 11.0. The minimum absolute atomic E-state index is 1.12. The number of nitrogens with one attached hydrogen (secondary N) is 1. The molecule has 82 valence electrons. The van der Waals surface area contributed by atoms with E-state index in [4.69, 9.17) is 0 Å². The Morgan fingerprint density at radius 1 is 0.938 bits per heavy atom. The Labute approximate surface area is 105 Å². The number of hydrogen-bond donors (Lipinski definition) is 1. The number of benzene rings is 2. The van der Waals surface area contributed by atoms with E-state index < -0.39 is 0 Å². The zero-order chi connectivity index (χ0) is 11.5. The van der Waals surface area contributed by atoms with Crippen molar-refractivity contribution in [1.29, 1.82) is 0 Å². The monoisotopic (exact) mass is 275 g/mol. The van der Waals surface area contributed by atoms with Crippen LogP contribution in [0, 0.1) is 13.8 Å². The van der Waals surface area contributed by atoms with Crippen molar-refractivity contribution in [3.05, 3.63) is 58.1 Å². The Bertz CT molecular complexity index is 506. The van der Waals surface area contributed by atoms with Crippen molar-refractivity contribution in [3.63, 3.8) is 0 Å². The fraction of sp³-hybridized carbons (Fsp3) is 0.143. The lowest BCUT2D eigenvalue weighted by Gasteiger charge is -2.10. The fourth-order valence-corrected chi connectivity index (χ4v) is 1.84. The summed E-state index contributed by atoms with van der Waals surface area (Å²) in [6, 6.07) is 14.6. The van der Waals surface area contributed by atoms with Gasteiger partial charge in [0.05, 0.1) is 0 Å². The number of aryl methyl sites for hydroxylation is 2. The molecule has 0 fully saturated rings. The number of anilines is 2. The maximum Gasteiger partial charge on any atom is 0.0413 e. The Morgan fingerprint density at radius 3 is 2.38 bits per heavy atom. The molecule has 0 aliphatic carbocycles. The first-order chi connectivity index (χ1) is 7.66. The molecular formula is C14H14BrN. The van der Waals surface area contributed by atoms with Gasteiger partial charge >= 0.3 is 0 Å². The van der Waals surface area contributed by atoms with Crippen LogP contribution in [0.3, 0.4) is 0 Å². The first-order valence-electron chi connectivity index (χ1n) is 5.25. The number of hydrogen-bond acceptors (Lipinski definition) is 1. The molecule has 0 spiro atoms. The molecule has 0 amide bonds. The average Bonchev–Trinajstić information content (AvgIpc) is 2.27. The van der Waals surface area contributed by atoms with Crippen LogP contribution in [0.5, 0.6) is 0 Å². The minimum atomic E-state index is 1.12. The fourth-order valence-electron chi connectivity index (χ4n) is 1.59. The van der Waals surface area contributed by atoms with Crippen LogP contribution in [-0.2, 0) is 0 Å². The van der Waals surface area contributed by atoms with E-state index >= 15 is 0 Å². The van der Waals surface area contributed by atoms with Crippen molar-refractivity contribution >= 4 is 27.3 Å². The van der Waals surface area contributed by atoms with Crippen molar-refractivity contribution < 1.29 is 0 Å². The van der Waals surface area contributed by atoms with Crippen molar-refractivity contribution in [3.8, 4) is 0 Å². The van der Waals surface area contributed by atoms with Gasteiger partial charge in [0.25, 0.3) is 0 Å². The Hall–Kier alpha value is -1.28. The van der Waals surface area contributed by atoms with Gasteiger partial charge in [-0.25, -0.2) is 0 Å². The smallest absolute Gasteiger partial charge is 0.0413 e. The van der Waals surface area contributed by atoms with Crippen LogP contribution in [0.2, 0.25) is 0 Å². The highest BCUT2D eigenvalue weighted by Crippen LogP contribution is 2.24. The molecule has 0 saturated carbocycles. The summed E-state index contributed by atoms with van der Waals surface area (Å²) in [5, 5.41) is 3.42. The molecule has 0 aliphatic rings. The van der Waals surface area contributed by atoms with Gasteiger partial charge in [0.2, 0.25) is 0 Å². The number of para-hydroxylation sites is 1. The summed E-state index contributed by atoms with van der Waals surface area (Å²) in [6.07, 6.45) is 0. The molecule has 0 heterocycles. The van der Waals surface area contributed by atoms with Gasteiger partial charge in [-0.15, -0.1) is 0 Å². The molecule has 0 bridgehead atoms. The topological polar surface area (TPSA) is 12.0 Å². The summed E-state index contributed by atoms with van der Waals surface area (Å²) >= 11 is 3.50. The van der Waals surface area contributed by atoms with Crippen LogP contribution in [0.25, 0.3) is 0 Å². The molecule has 1 N–H and O–H groups in total. The summed E-state index contributed by atoms with van der Waals surface area (Å²) in [4.78, 5) is 0. The van der Waals surface area contributed by atoms with E-state index in [0.29, 0.717) is 0 Å². The Morgan fingerprint density at radius 2 is 1.69 bits per heavy atom. The predicted octanol–water partition coefficient (Wildman–Crippen LogP) is 4.81. The first kappa shape index (κ1) is 11.2. The van der Waals surface area contributed by atoms with E-state index in [-0.39, 0.29) is 0 Å². The highest BCUT2D eigenvalue weighted by Gasteiger charge is 1.99. The molecule has 0 radical (unpaired) electrons. The van der Waals surface area contributed by atoms with Crippen LogP contribution >= 0.6 is 15.9 Å². The molecule has 0 atom stereocenters. The van der Waals surface area contributed by atoms with Gasteiger partial charge in [-0.2, -0.15) is 0 Å². The maximum atomic E-state index is 3.50. The van der Waals surface area contributed by atoms with E-state index in [1.165, 1.54) is 11.1 Å². The second kappa shape index (κ2) is 4.71. The maximum absolute atomic E-state index is 3.50. The third kappa shape index (κ3) is 2.45. The van der Waals surface area contributed by atoms with Crippen LogP contribution < -0.4 is 5.32 Å². The first-order valence-corrected chi connectivity index (χ1v) is 6.05. The third-order valence-electron chi connectivity index (χ3n) is 2.58. The van der Waals surface area contributed by atoms with Gasteiger partial charge in [0, 0.05) is 15.8 Å². The van der Waals surface area contributed by atoms with Gasteiger partial charge < -0.3 is 5.32 Å². The van der Waals surface area contributed by atoms with Gasteiger partial charge in [-0.3, -0.25) is 0 Å². The highest BCUT2D eigenvalue weighted by molar-refractivity contribution is 9.10. The largest absolute Gasteiger partial charge is 0.355 e. The van der Waals surface area contributed by atoms with Gasteiger partial charge in [-0.1, -0.05) is 34.1 Å². The van der Waals surface area contributed by atoms with E-state index in [1.807, 2.05) is 12.1 Å². The molecule has 0 aliphatic heterocycles. The average molecular weight is 276 g/mol. The summed E-state index contributed by atoms with van der Waals surface area (Å²) in [6.45, 7) is 4.20. The van der Waals surface area contributed by atoms with Crippen molar-refractivity contribution in [2.75, 3.05) is 5.32 Å². The molecule has 2 aromatic carbocycles. The standard InChI is InChI=1S/C14H14BrN/c1-10-5-3-4-6-14(10)16-12-7-8-13(15)11(2)9-12/h3-9,16H,1-2H3. The van der Waals surface area contributed by atoms with E-state index in [1.54, 1.807) is 0 Å². The molecule has 2 heteroatoms. The lowest BCUT2D eigenvalue weighted by Crippen LogP contribution is -1.93. The molecule has 2 rings (SSSR count). The third-order valence-corrected chi connectivity index (χ3v) is 3.47. The Kier molecular flexibility index (Phi) is 3.30. The minimum Gasteiger partial charge on any atom is -0.355 e. The molecule has 2 aromatic rings. The van der Waals surface area contributed by atoms with Gasteiger partial charge in [0.1, 0.15) is 0 Å². The van der Waals surface area contributed by atoms with Crippen LogP contribution in [-0.4, -0.2) is 0 Å². The Balaban J connectivity index is 2.28. The van der Waals surface area contributed by atoms with E-state index in [9.17, 15) is 0 Å². The highest BCUT2D eigenvalue weighted by atomic mass is 79.9. The number of rotatable bonds is 2. The van der Waals surface area contributed by atoms with E-state index in [2.05, 4.69) is 65.4 Å². The molecule has 0 unspecified atom stereocenters. The lowest BCUT2D eigenvalue weighted by atomic mass is 10.1. The second-order valence-electron chi connectivity index (χ2n) is 3.90. The summed E-state index contributed by atoms with van der Waals surface area (Å²) in [5.74, 6) is 0. The van der Waals surface area contributed by atoms with Crippen LogP contribution in [0.1, 0.15) is 11.1 Å². The van der Waals surface area contributed by atoms with Crippen molar-refractivity contribution in [1.82, 2.24) is 0 Å². The van der Waals surface area contributed by atoms with Crippen LogP contribution in [0.15, 0.2) is 46.9 Å². The molecule has 0 saturated heterocycles. The van der Waals surface area contributed by atoms with Gasteiger partial charge in [-0.05, 0) is 49.2 Å². The normalized spacial score (nSPS) is 10.2. The lowest BCUT2D eigenvalue weighted by molar-refractivity contribution is 1.39. The van der Waals surface area contributed by atoms with Crippen LogP contribution in [0.4, 0.5) is 11.4 Å². The molecular weight excluding hydrogens is 262 g/mol. The van der Waals surface area contributed by atoms with Gasteiger partial charge in [0.15, 0.2) is 0 Å². The predicted molar refractivity (Wildman–Crippen MR) is 73.3 cm³/mol. The SMILES string of the molecule is Cc1cc(Nc2ccccc2C)ccc1Br. The summed E-state index contributed by atoms with van der Waals surface area (Å²) in [5.41, 5.74) is 4.76. The zero-order valence-electron chi connectivity index (χ0n) is 9.42. The quantitative estimate of drug-likeness (QED) is 0.830. The molecule has 16 heavy (non-hydrogen) atoms.